The molecule has 8 heteroatoms. The van der Waals surface area contributed by atoms with E-state index in [9.17, 15) is 5.26 Å². The first-order chi connectivity index (χ1) is 13.7. The zero-order chi connectivity index (χ0) is 19.1. The number of nitrogens with zero attached hydrogens (tertiary/aromatic N) is 5. The third-order valence-corrected chi connectivity index (χ3v) is 6.89. The lowest BCUT2D eigenvalue weighted by Gasteiger charge is -2.35. The maximum Gasteiger partial charge on any atom is 0.130 e. The number of pyridine rings is 1. The first kappa shape index (κ1) is 17.6. The maximum absolute atomic E-state index is 10.1. The van der Waals surface area contributed by atoms with Crippen molar-refractivity contribution in [2.75, 3.05) is 24.7 Å². The summed E-state index contributed by atoms with van der Waals surface area (Å²) in [6, 6.07) is 6.96. The second-order valence-corrected chi connectivity index (χ2v) is 8.50. The van der Waals surface area contributed by atoms with E-state index in [2.05, 4.69) is 34.2 Å². The number of aromatic nitrogens is 4. The van der Waals surface area contributed by atoms with Crippen molar-refractivity contribution in [3.8, 4) is 17.5 Å². The van der Waals surface area contributed by atoms with Crippen LogP contribution in [-0.2, 0) is 10.2 Å². The van der Waals surface area contributed by atoms with Gasteiger partial charge in [-0.25, -0.2) is 4.98 Å². The van der Waals surface area contributed by atoms with E-state index in [1.165, 1.54) is 11.5 Å². The molecule has 2 aliphatic rings. The summed E-state index contributed by atoms with van der Waals surface area (Å²) in [4.78, 5) is 7.32. The Labute approximate surface area is 167 Å². The van der Waals surface area contributed by atoms with Crippen LogP contribution >= 0.6 is 11.5 Å². The van der Waals surface area contributed by atoms with E-state index in [1.807, 2.05) is 6.07 Å². The number of rotatable bonds is 3. The smallest absolute Gasteiger partial charge is 0.130 e. The molecule has 0 unspecified atom stereocenters. The third kappa shape index (κ3) is 2.69. The van der Waals surface area contributed by atoms with Crippen LogP contribution in [-0.4, -0.2) is 45.4 Å². The zero-order valence-corrected chi connectivity index (χ0v) is 16.6. The Balaban J connectivity index is 1.75. The molecule has 1 atom stereocenters. The van der Waals surface area contributed by atoms with Gasteiger partial charge in [-0.2, -0.15) is 14.7 Å². The van der Waals surface area contributed by atoms with Crippen molar-refractivity contribution in [2.45, 2.75) is 44.1 Å². The number of aromatic amines is 1. The van der Waals surface area contributed by atoms with Crippen LogP contribution in [0.3, 0.4) is 0 Å². The summed E-state index contributed by atoms with van der Waals surface area (Å²) >= 11 is 1.44. The molecular weight excluding hydrogens is 372 g/mol. The van der Waals surface area contributed by atoms with Crippen LogP contribution in [0.15, 0.2) is 18.3 Å². The van der Waals surface area contributed by atoms with Crippen molar-refractivity contribution in [3.05, 3.63) is 23.9 Å². The number of hydrogen-bond acceptors (Lipinski definition) is 7. The normalized spacial score (nSPS) is 21.9. The molecule has 1 saturated carbocycles. The van der Waals surface area contributed by atoms with Crippen LogP contribution < -0.4 is 4.90 Å². The van der Waals surface area contributed by atoms with Crippen LogP contribution in [0.2, 0.25) is 0 Å². The van der Waals surface area contributed by atoms with Gasteiger partial charge in [-0.05, 0) is 49.0 Å². The highest BCUT2D eigenvalue weighted by Gasteiger charge is 2.39. The highest BCUT2D eigenvalue weighted by atomic mass is 32.1. The van der Waals surface area contributed by atoms with Crippen molar-refractivity contribution in [1.29, 1.82) is 5.26 Å². The van der Waals surface area contributed by atoms with E-state index in [4.69, 9.17) is 14.1 Å². The molecule has 3 aromatic rings. The summed E-state index contributed by atoms with van der Waals surface area (Å²) in [5, 5.41) is 17.2. The standard InChI is InChI=1S/C20H22N6OS/c1-13-11-27-9-8-26(13)16-10-14(20(12-21)5-2-3-6-20)19-18(23-16)17(25-28-19)15-4-7-22-24-15/h4,7,10,13H,2-3,5-6,8-9,11H2,1H3,(H,22,24)/t13-/m1/s1. The van der Waals surface area contributed by atoms with Crippen LogP contribution in [0.5, 0.6) is 0 Å². The first-order valence-corrected chi connectivity index (χ1v) is 10.6. The van der Waals surface area contributed by atoms with Gasteiger partial charge in [-0.15, -0.1) is 0 Å². The number of hydrogen-bond donors (Lipinski definition) is 1. The molecular formula is C20H22N6OS. The Morgan fingerprint density at radius 3 is 2.96 bits per heavy atom. The summed E-state index contributed by atoms with van der Waals surface area (Å²) in [5.41, 5.74) is 3.18. The predicted molar refractivity (Wildman–Crippen MR) is 108 cm³/mol. The van der Waals surface area contributed by atoms with E-state index < -0.39 is 5.41 Å². The minimum Gasteiger partial charge on any atom is -0.377 e. The topological polar surface area (TPSA) is 90.7 Å². The van der Waals surface area contributed by atoms with E-state index >= 15 is 0 Å². The Kier molecular flexibility index (Phi) is 4.29. The second-order valence-electron chi connectivity index (χ2n) is 7.73. The summed E-state index contributed by atoms with van der Waals surface area (Å²) in [7, 11) is 0. The van der Waals surface area contributed by atoms with Crippen LogP contribution in [0.1, 0.15) is 38.2 Å². The molecule has 0 amide bonds. The van der Waals surface area contributed by atoms with E-state index in [0.717, 1.165) is 65.2 Å². The highest BCUT2D eigenvalue weighted by molar-refractivity contribution is 7.13. The number of ether oxygens (including phenoxy) is 1. The number of nitrogens with one attached hydrogen (secondary N) is 1. The molecule has 5 rings (SSSR count). The number of H-pyrrole nitrogens is 1. The lowest BCUT2D eigenvalue weighted by atomic mass is 9.80. The molecule has 1 saturated heterocycles. The molecule has 7 nitrogen and oxygen atoms in total. The highest BCUT2D eigenvalue weighted by Crippen LogP contribution is 2.46. The molecule has 0 radical (unpaired) electrons. The first-order valence-electron chi connectivity index (χ1n) is 9.78. The SMILES string of the molecule is C[C@@H]1COCCN1c1cc(C2(C#N)CCCC2)c2snc(-c3ccn[nH]3)c2n1. The van der Waals surface area contributed by atoms with Crippen molar-refractivity contribution >= 4 is 27.6 Å². The number of anilines is 1. The average molecular weight is 395 g/mol. The van der Waals surface area contributed by atoms with E-state index in [0.29, 0.717) is 13.2 Å². The lowest BCUT2D eigenvalue weighted by Crippen LogP contribution is -2.44. The molecule has 28 heavy (non-hydrogen) atoms. The van der Waals surface area contributed by atoms with Gasteiger partial charge in [0.05, 0.1) is 41.1 Å². The third-order valence-electron chi connectivity index (χ3n) is 6.02. The molecule has 1 aliphatic carbocycles. The number of fused-ring (bicyclic) bond motifs is 1. The van der Waals surface area contributed by atoms with Crippen LogP contribution in [0.25, 0.3) is 21.6 Å². The second kappa shape index (κ2) is 6.83. The fourth-order valence-electron chi connectivity index (χ4n) is 4.46. The molecule has 1 N–H and O–H groups in total. The van der Waals surface area contributed by atoms with E-state index in [-0.39, 0.29) is 6.04 Å². The van der Waals surface area contributed by atoms with Gasteiger partial charge in [0.1, 0.15) is 17.0 Å². The quantitative estimate of drug-likeness (QED) is 0.729. The van der Waals surface area contributed by atoms with Crippen LogP contribution in [0, 0.1) is 11.3 Å². The fourth-order valence-corrected chi connectivity index (χ4v) is 5.41. The van der Waals surface area contributed by atoms with Gasteiger partial charge in [-0.1, -0.05) is 12.8 Å². The molecule has 0 bridgehead atoms. The van der Waals surface area contributed by atoms with Crippen molar-refractivity contribution in [1.82, 2.24) is 19.6 Å². The summed E-state index contributed by atoms with van der Waals surface area (Å²) in [6.07, 6.45) is 5.71. The summed E-state index contributed by atoms with van der Waals surface area (Å²) in [5.74, 6) is 0.917. The molecule has 144 valence electrons. The van der Waals surface area contributed by atoms with Gasteiger partial charge in [0.2, 0.25) is 0 Å². The molecule has 4 heterocycles. The minimum atomic E-state index is -0.441. The molecule has 0 aromatic carbocycles. The van der Waals surface area contributed by atoms with Gasteiger partial charge in [-0.3, -0.25) is 5.10 Å². The molecule has 2 fully saturated rings. The zero-order valence-electron chi connectivity index (χ0n) is 15.8. The molecule has 0 spiro atoms. The van der Waals surface area contributed by atoms with Gasteiger partial charge in [0.15, 0.2) is 0 Å². The fraction of sp³-hybridized carbons (Fsp3) is 0.500. The Hall–Kier alpha value is -2.50. The van der Waals surface area contributed by atoms with Crippen molar-refractivity contribution in [3.63, 3.8) is 0 Å². The largest absolute Gasteiger partial charge is 0.377 e. The maximum atomic E-state index is 10.1. The van der Waals surface area contributed by atoms with Gasteiger partial charge in [0, 0.05) is 12.7 Å². The van der Waals surface area contributed by atoms with E-state index in [1.54, 1.807) is 6.20 Å². The van der Waals surface area contributed by atoms with Crippen molar-refractivity contribution < 1.29 is 4.74 Å². The number of morpholine rings is 1. The van der Waals surface area contributed by atoms with Gasteiger partial charge >= 0.3 is 0 Å². The van der Waals surface area contributed by atoms with Crippen LogP contribution in [0.4, 0.5) is 5.82 Å². The predicted octanol–water partition coefficient (Wildman–Crippen LogP) is 3.64. The summed E-state index contributed by atoms with van der Waals surface area (Å²) in [6.45, 7) is 4.34. The molecule has 3 aromatic heterocycles. The molecule has 1 aliphatic heterocycles. The minimum absolute atomic E-state index is 0.246. The van der Waals surface area contributed by atoms with Gasteiger partial charge < -0.3 is 9.64 Å². The average Bonchev–Trinajstić information content (AvgIpc) is 3.47. The van der Waals surface area contributed by atoms with Gasteiger partial charge in [0.25, 0.3) is 0 Å². The Morgan fingerprint density at radius 1 is 1.39 bits per heavy atom. The van der Waals surface area contributed by atoms with Crippen molar-refractivity contribution in [2.24, 2.45) is 0 Å². The monoisotopic (exact) mass is 394 g/mol. The Bertz CT molecular complexity index is 1030. The Morgan fingerprint density at radius 2 is 2.25 bits per heavy atom. The lowest BCUT2D eigenvalue weighted by molar-refractivity contribution is 0.0985. The number of nitriles is 1. The summed E-state index contributed by atoms with van der Waals surface area (Å²) < 4.78 is 11.3.